The second-order valence-electron chi connectivity index (χ2n) is 5.06. The molecule has 0 bridgehead atoms. The Hall–Kier alpha value is -2.68. The van der Waals surface area contributed by atoms with Gasteiger partial charge in [0, 0.05) is 19.0 Å². The van der Waals surface area contributed by atoms with Crippen molar-refractivity contribution in [1.29, 1.82) is 0 Å². The number of aromatic nitrogens is 3. The number of nitrogens with one attached hydrogen (secondary N) is 1. The van der Waals surface area contributed by atoms with Gasteiger partial charge in [0.1, 0.15) is 5.76 Å². The second kappa shape index (κ2) is 7.26. The monoisotopic (exact) mass is 348 g/mol. The average Bonchev–Trinajstić information content (AvgIpc) is 3.29. The molecular formula is C15H16N4O4S. The van der Waals surface area contributed by atoms with E-state index in [2.05, 4.69) is 15.6 Å². The highest BCUT2D eigenvalue weighted by Gasteiger charge is 2.13. The molecule has 0 saturated carbocycles. The molecule has 0 aliphatic heterocycles. The molecule has 9 heteroatoms. The Bertz CT molecular complexity index is 862. The predicted octanol–water partition coefficient (Wildman–Crippen LogP) is 1.94. The molecule has 3 heterocycles. The zero-order chi connectivity index (χ0) is 16.9. The first-order valence-corrected chi connectivity index (χ1v) is 8.41. The molecule has 0 saturated heterocycles. The van der Waals surface area contributed by atoms with Crippen molar-refractivity contribution in [3.05, 3.63) is 45.6 Å². The first-order chi connectivity index (χ1) is 11.7. The molecule has 126 valence electrons. The minimum absolute atomic E-state index is 0.207. The Morgan fingerprint density at radius 2 is 2.33 bits per heavy atom. The maximum atomic E-state index is 12.0. The standard InChI is InChI=1S/C15H16N4O4S/c1-2-4-10-9-11(18-23-10)13(20)16-6-7-19-15(21)22-14(17-19)12-5-3-8-24-12/h3,5,8-9H,2,4,6-7H2,1H3,(H,16,20). The smallest absolute Gasteiger partial charge is 0.387 e. The van der Waals surface area contributed by atoms with Crippen LogP contribution in [0.1, 0.15) is 29.6 Å². The summed E-state index contributed by atoms with van der Waals surface area (Å²) in [4.78, 5) is 24.5. The SMILES string of the molecule is CCCc1cc(C(=O)NCCn2nc(-c3cccs3)oc2=O)no1. The summed E-state index contributed by atoms with van der Waals surface area (Å²) in [7, 11) is 0. The predicted molar refractivity (Wildman–Crippen MR) is 86.9 cm³/mol. The number of rotatable bonds is 7. The van der Waals surface area contributed by atoms with Gasteiger partial charge < -0.3 is 14.3 Å². The molecule has 0 fully saturated rings. The van der Waals surface area contributed by atoms with Gasteiger partial charge in [-0.3, -0.25) is 4.79 Å². The van der Waals surface area contributed by atoms with Gasteiger partial charge in [-0.2, -0.15) is 4.68 Å². The highest BCUT2D eigenvalue weighted by atomic mass is 32.1. The fraction of sp³-hybridized carbons (Fsp3) is 0.333. The molecule has 0 atom stereocenters. The molecule has 24 heavy (non-hydrogen) atoms. The summed E-state index contributed by atoms with van der Waals surface area (Å²) < 4.78 is 11.3. The van der Waals surface area contributed by atoms with E-state index in [-0.39, 0.29) is 30.6 Å². The summed E-state index contributed by atoms with van der Waals surface area (Å²) in [5.74, 6) is 0.0495. The lowest BCUT2D eigenvalue weighted by molar-refractivity contribution is 0.0942. The molecule has 0 radical (unpaired) electrons. The van der Waals surface area contributed by atoms with Crippen LogP contribution in [0.15, 0.2) is 37.3 Å². The zero-order valence-electron chi connectivity index (χ0n) is 13.0. The topological polar surface area (TPSA) is 103 Å². The Labute approximate surface area is 141 Å². The van der Waals surface area contributed by atoms with E-state index in [0.29, 0.717) is 5.76 Å². The lowest BCUT2D eigenvalue weighted by Gasteiger charge is -2.01. The van der Waals surface area contributed by atoms with E-state index < -0.39 is 5.76 Å². The molecule has 0 unspecified atom stereocenters. The van der Waals surface area contributed by atoms with E-state index >= 15 is 0 Å². The van der Waals surface area contributed by atoms with Crippen LogP contribution in [0, 0.1) is 0 Å². The summed E-state index contributed by atoms with van der Waals surface area (Å²) in [6.07, 6.45) is 1.65. The number of aryl methyl sites for hydroxylation is 1. The number of carbonyl (C=O) groups excluding carboxylic acids is 1. The Balaban J connectivity index is 1.56. The van der Waals surface area contributed by atoms with Crippen LogP contribution < -0.4 is 11.1 Å². The molecule has 0 aliphatic carbocycles. The van der Waals surface area contributed by atoms with Crippen molar-refractivity contribution in [2.45, 2.75) is 26.3 Å². The molecule has 0 aliphatic rings. The summed E-state index contributed by atoms with van der Waals surface area (Å²) in [6, 6.07) is 5.29. The van der Waals surface area contributed by atoms with Crippen LogP contribution in [-0.2, 0) is 13.0 Å². The Kier molecular flexibility index (Phi) is 4.90. The van der Waals surface area contributed by atoms with Gasteiger partial charge in [0.15, 0.2) is 5.69 Å². The molecule has 3 aromatic heterocycles. The van der Waals surface area contributed by atoms with E-state index in [0.717, 1.165) is 17.7 Å². The quantitative estimate of drug-likeness (QED) is 0.700. The van der Waals surface area contributed by atoms with Crippen molar-refractivity contribution in [3.8, 4) is 10.8 Å². The van der Waals surface area contributed by atoms with Crippen LogP contribution in [0.5, 0.6) is 0 Å². The van der Waals surface area contributed by atoms with Gasteiger partial charge in [-0.25, -0.2) is 4.79 Å². The van der Waals surface area contributed by atoms with Gasteiger partial charge in [-0.15, -0.1) is 16.4 Å². The summed E-state index contributed by atoms with van der Waals surface area (Å²) >= 11 is 1.43. The first-order valence-electron chi connectivity index (χ1n) is 7.53. The minimum atomic E-state index is -0.556. The van der Waals surface area contributed by atoms with Crippen molar-refractivity contribution in [3.63, 3.8) is 0 Å². The zero-order valence-corrected chi connectivity index (χ0v) is 13.8. The number of amides is 1. The lowest BCUT2D eigenvalue weighted by atomic mass is 10.2. The summed E-state index contributed by atoms with van der Waals surface area (Å²) in [5, 5.41) is 12.4. The van der Waals surface area contributed by atoms with Gasteiger partial charge in [-0.1, -0.05) is 18.1 Å². The molecular weight excluding hydrogens is 332 g/mol. The third-order valence-electron chi connectivity index (χ3n) is 3.24. The summed E-state index contributed by atoms with van der Waals surface area (Å²) in [6.45, 7) is 2.45. The van der Waals surface area contributed by atoms with E-state index in [1.54, 1.807) is 6.07 Å². The van der Waals surface area contributed by atoms with Crippen molar-refractivity contribution < 1.29 is 13.7 Å². The van der Waals surface area contributed by atoms with E-state index in [4.69, 9.17) is 8.94 Å². The van der Waals surface area contributed by atoms with Gasteiger partial charge in [-0.05, 0) is 17.9 Å². The van der Waals surface area contributed by atoms with Gasteiger partial charge >= 0.3 is 5.76 Å². The average molecular weight is 348 g/mol. The van der Waals surface area contributed by atoms with Crippen molar-refractivity contribution in [2.75, 3.05) is 6.54 Å². The van der Waals surface area contributed by atoms with E-state index in [1.807, 2.05) is 24.4 Å². The fourth-order valence-corrected chi connectivity index (χ4v) is 2.74. The maximum Gasteiger partial charge on any atom is 0.437 e. The third kappa shape index (κ3) is 3.62. The van der Waals surface area contributed by atoms with Gasteiger partial charge in [0.25, 0.3) is 11.8 Å². The minimum Gasteiger partial charge on any atom is -0.387 e. The fourth-order valence-electron chi connectivity index (χ4n) is 2.10. The largest absolute Gasteiger partial charge is 0.437 e. The van der Waals surface area contributed by atoms with Gasteiger partial charge in [0.05, 0.1) is 11.4 Å². The molecule has 0 spiro atoms. The number of carbonyl (C=O) groups is 1. The lowest BCUT2D eigenvalue weighted by Crippen LogP contribution is -2.30. The first kappa shape index (κ1) is 16.2. The molecule has 0 aromatic carbocycles. The molecule has 1 amide bonds. The van der Waals surface area contributed by atoms with Crippen molar-refractivity contribution in [1.82, 2.24) is 20.3 Å². The Morgan fingerprint density at radius 1 is 1.46 bits per heavy atom. The molecule has 3 rings (SSSR count). The molecule has 1 N–H and O–H groups in total. The highest BCUT2D eigenvalue weighted by molar-refractivity contribution is 7.13. The van der Waals surface area contributed by atoms with Crippen LogP contribution >= 0.6 is 11.3 Å². The van der Waals surface area contributed by atoms with Crippen molar-refractivity contribution >= 4 is 17.2 Å². The van der Waals surface area contributed by atoms with Crippen LogP contribution in [0.4, 0.5) is 0 Å². The van der Waals surface area contributed by atoms with Crippen LogP contribution in [0.2, 0.25) is 0 Å². The molecule has 3 aromatic rings. The number of hydrogen-bond acceptors (Lipinski definition) is 7. The van der Waals surface area contributed by atoms with Crippen molar-refractivity contribution in [2.24, 2.45) is 0 Å². The van der Waals surface area contributed by atoms with E-state index in [9.17, 15) is 9.59 Å². The van der Waals surface area contributed by atoms with Crippen LogP contribution in [-0.4, -0.2) is 27.4 Å². The second-order valence-corrected chi connectivity index (χ2v) is 6.01. The number of nitrogens with zero attached hydrogens (tertiary/aromatic N) is 3. The Morgan fingerprint density at radius 3 is 3.08 bits per heavy atom. The van der Waals surface area contributed by atoms with E-state index in [1.165, 1.54) is 16.0 Å². The number of hydrogen-bond donors (Lipinski definition) is 1. The van der Waals surface area contributed by atoms with Crippen LogP contribution in [0.25, 0.3) is 10.8 Å². The normalized spacial score (nSPS) is 10.9. The third-order valence-corrected chi connectivity index (χ3v) is 4.09. The number of thiophene rings is 1. The summed E-state index contributed by atoms with van der Waals surface area (Å²) in [5.41, 5.74) is 0.227. The highest BCUT2D eigenvalue weighted by Crippen LogP contribution is 2.20. The van der Waals surface area contributed by atoms with Gasteiger partial charge in [0.2, 0.25) is 0 Å². The maximum absolute atomic E-state index is 12.0. The van der Waals surface area contributed by atoms with Crippen LogP contribution in [0.3, 0.4) is 0 Å². The molecule has 8 nitrogen and oxygen atoms in total.